The lowest BCUT2D eigenvalue weighted by molar-refractivity contribution is 0.0238. The first-order valence-corrected chi connectivity index (χ1v) is 8.21. The van der Waals surface area contributed by atoms with Crippen molar-refractivity contribution in [3.63, 3.8) is 0 Å². The Morgan fingerprint density at radius 2 is 2.17 bits per heavy atom. The van der Waals surface area contributed by atoms with Gasteiger partial charge in [-0.1, -0.05) is 6.92 Å². The van der Waals surface area contributed by atoms with Crippen LogP contribution in [0.25, 0.3) is 0 Å². The van der Waals surface area contributed by atoms with Gasteiger partial charge >= 0.3 is 0 Å². The molecule has 0 bridgehead atoms. The highest BCUT2D eigenvalue weighted by Gasteiger charge is 2.28. The first-order chi connectivity index (χ1) is 8.50. The fourth-order valence-electron chi connectivity index (χ4n) is 1.92. The van der Waals surface area contributed by atoms with Crippen LogP contribution in [0.1, 0.15) is 30.1 Å². The van der Waals surface area contributed by atoms with E-state index in [4.69, 9.17) is 4.74 Å². The minimum atomic E-state index is -0.0171. The first kappa shape index (κ1) is 14.5. The Morgan fingerprint density at radius 3 is 2.72 bits per heavy atom. The number of carbonyl (C=O) groups is 1. The molecule has 0 spiro atoms. The van der Waals surface area contributed by atoms with E-state index in [9.17, 15) is 4.79 Å². The molecule has 6 heteroatoms. The van der Waals surface area contributed by atoms with Gasteiger partial charge in [0.05, 0.1) is 13.1 Å². The largest absolute Gasteiger partial charge is 0.381 e. The lowest BCUT2D eigenvalue weighted by atomic mass is 9.82. The topological polar surface area (TPSA) is 38.3 Å². The van der Waals surface area contributed by atoms with Crippen molar-refractivity contribution >= 4 is 49.1 Å². The van der Waals surface area contributed by atoms with Gasteiger partial charge in [-0.3, -0.25) is 4.79 Å². The van der Waals surface area contributed by atoms with Gasteiger partial charge in [-0.25, -0.2) is 0 Å². The molecule has 1 aromatic rings. The third kappa shape index (κ3) is 3.56. The van der Waals surface area contributed by atoms with E-state index in [1.165, 1.54) is 11.3 Å². The van der Waals surface area contributed by atoms with Crippen molar-refractivity contribution in [2.75, 3.05) is 19.8 Å². The molecule has 1 aliphatic rings. The monoisotopic (exact) mass is 395 g/mol. The van der Waals surface area contributed by atoms with Gasteiger partial charge in [0.1, 0.15) is 0 Å². The molecule has 0 atom stereocenters. The molecule has 3 nitrogen and oxygen atoms in total. The smallest absolute Gasteiger partial charge is 0.253 e. The van der Waals surface area contributed by atoms with E-state index in [2.05, 4.69) is 44.1 Å². The van der Waals surface area contributed by atoms with Crippen LogP contribution in [0, 0.1) is 5.41 Å². The molecule has 2 heterocycles. The predicted octanol–water partition coefficient (Wildman–Crippen LogP) is 3.82. The SMILES string of the molecule is CC1(CNC(=O)c2cc(Br)sc2Br)CCOCC1. The third-order valence-electron chi connectivity index (χ3n) is 3.28. The van der Waals surface area contributed by atoms with Crippen molar-refractivity contribution in [2.24, 2.45) is 5.41 Å². The number of ether oxygens (including phenoxy) is 1. The number of amides is 1. The molecule has 1 saturated heterocycles. The van der Waals surface area contributed by atoms with E-state index in [1.54, 1.807) is 0 Å². The number of nitrogens with one attached hydrogen (secondary N) is 1. The van der Waals surface area contributed by atoms with Crippen molar-refractivity contribution < 1.29 is 9.53 Å². The van der Waals surface area contributed by atoms with Crippen LogP contribution < -0.4 is 5.32 Å². The highest BCUT2D eigenvalue weighted by Crippen LogP contribution is 2.32. The minimum Gasteiger partial charge on any atom is -0.381 e. The minimum absolute atomic E-state index is 0.0171. The number of carbonyl (C=O) groups excluding carboxylic acids is 1. The van der Waals surface area contributed by atoms with E-state index < -0.39 is 0 Å². The quantitative estimate of drug-likeness (QED) is 0.843. The zero-order chi connectivity index (χ0) is 13.2. The van der Waals surface area contributed by atoms with Crippen molar-refractivity contribution in [1.82, 2.24) is 5.32 Å². The third-order valence-corrected chi connectivity index (χ3v) is 5.62. The van der Waals surface area contributed by atoms with E-state index in [0.29, 0.717) is 12.1 Å². The number of thiophene rings is 1. The number of hydrogen-bond acceptors (Lipinski definition) is 3. The Kier molecular flexibility index (Phi) is 4.86. The second-order valence-corrected chi connectivity index (χ2v) is 8.59. The predicted molar refractivity (Wildman–Crippen MR) is 80.2 cm³/mol. The lowest BCUT2D eigenvalue weighted by Crippen LogP contribution is -2.39. The normalized spacial score (nSPS) is 18.6. The van der Waals surface area contributed by atoms with Gasteiger partial charge in [0.25, 0.3) is 5.91 Å². The maximum atomic E-state index is 12.1. The Balaban J connectivity index is 1.94. The molecule has 0 aliphatic carbocycles. The van der Waals surface area contributed by atoms with Crippen LogP contribution in [0.3, 0.4) is 0 Å². The summed E-state index contributed by atoms with van der Waals surface area (Å²) >= 11 is 8.30. The molecule has 18 heavy (non-hydrogen) atoms. The van der Waals surface area contributed by atoms with Gasteiger partial charge in [-0.2, -0.15) is 0 Å². The highest BCUT2D eigenvalue weighted by atomic mass is 79.9. The molecule has 2 rings (SSSR count). The zero-order valence-corrected chi connectivity index (χ0v) is 14.1. The van der Waals surface area contributed by atoms with E-state index in [1.807, 2.05) is 6.07 Å². The molecule has 1 N–H and O–H groups in total. The van der Waals surface area contributed by atoms with Gasteiger partial charge in [0, 0.05) is 19.8 Å². The molecule has 0 unspecified atom stereocenters. The lowest BCUT2D eigenvalue weighted by Gasteiger charge is -2.33. The summed E-state index contributed by atoms with van der Waals surface area (Å²) in [5.41, 5.74) is 0.857. The fourth-order valence-corrected chi connectivity index (χ4v) is 4.72. The molecule has 1 fully saturated rings. The second kappa shape index (κ2) is 6.03. The van der Waals surface area contributed by atoms with Gasteiger partial charge in [-0.15, -0.1) is 11.3 Å². The number of hydrogen-bond donors (Lipinski definition) is 1. The Labute approximate surface area is 128 Å². The maximum absolute atomic E-state index is 12.1. The van der Waals surface area contributed by atoms with Crippen molar-refractivity contribution in [2.45, 2.75) is 19.8 Å². The summed E-state index contributed by atoms with van der Waals surface area (Å²) in [7, 11) is 0. The van der Waals surface area contributed by atoms with Crippen LogP contribution in [0.2, 0.25) is 0 Å². The summed E-state index contributed by atoms with van der Waals surface area (Å²) in [6.45, 7) is 4.49. The summed E-state index contributed by atoms with van der Waals surface area (Å²) < 4.78 is 7.17. The average Bonchev–Trinajstić information content (AvgIpc) is 2.67. The molecule has 1 aliphatic heterocycles. The summed E-state index contributed by atoms with van der Waals surface area (Å²) in [5, 5.41) is 3.02. The molecular weight excluding hydrogens is 382 g/mol. The summed E-state index contributed by atoms with van der Waals surface area (Å²) in [4.78, 5) is 12.1. The molecule has 1 aromatic heterocycles. The molecular formula is C12H15Br2NO2S. The second-order valence-electron chi connectivity index (χ2n) is 4.84. The van der Waals surface area contributed by atoms with Crippen LogP contribution >= 0.6 is 43.2 Å². The number of halogens is 2. The van der Waals surface area contributed by atoms with Crippen molar-refractivity contribution in [3.8, 4) is 0 Å². The summed E-state index contributed by atoms with van der Waals surface area (Å²) in [5.74, 6) is -0.0171. The fraction of sp³-hybridized carbons (Fsp3) is 0.583. The maximum Gasteiger partial charge on any atom is 0.253 e. The van der Waals surface area contributed by atoms with Crippen LogP contribution in [0.4, 0.5) is 0 Å². The molecule has 0 aromatic carbocycles. The van der Waals surface area contributed by atoms with Crippen molar-refractivity contribution in [3.05, 3.63) is 19.2 Å². The van der Waals surface area contributed by atoms with Crippen molar-refractivity contribution in [1.29, 1.82) is 0 Å². The standard InChI is InChI=1S/C12H15Br2NO2S/c1-12(2-4-17-5-3-12)7-15-11(16)8-6-9(13)18-10(8)14/h6H,2-5,7H2,1H3,(H,15,16). The number of rotatable bonds is 3. The van der Waals surface area contributed by atoms with Gasteiger partial charge in [0.15, 0.2) is 0 Å². The van der Waals surface area contributed by atoms with E-state index in [0.717, 1.165) is 33.6 Å². The molecule has 100 valence electrons. The average molecular weight is 397 g/mol. The van der Waals surface area contributed by atoms with Gasteiger partial charge in [0.2, 0.25) is 0 Å². The Hall–Kier alpha value is 0.0900. The molecule has 0 saturated carbocycles. The van der Waals surface area contributed by atoms with Gasteiger partial charge in [-0.05, 0) is 56.2 Å². The first-order valence-electron chi connectivity index (χ1n) is 5.81. The Bertz CT molecular complexity index is 441. The Morgan fingerprint density at radius 1 is 1.50 bits per heavy atom. The van der Waals surface area contributed by atoms with E-state index >= 15 is 0 Å². The summed E-state index contributed by atoms with van der Waals surface area (Å²) in [6.07, 6.45) is 2.00. The van der Waals surface area contributed by atoms with Gasteiger partial charge < -0.3 is 10.1 Å². The van der Waals surface area contributed by atoms with Crippen LogP contribution in [0.5, 0.6) is 0 Å². The zero-order valence-electron chi connectivity index (χ0n) is 10.1. The molecule has 0 radical (unpaired) electrons. The highest BCUT2D eigenvalue weighted by molar-refractivity contribution is 9.12. The van der Waals surface area contributed by atoms with Crippen LogP contribution in [-0.4, -0.2) is 25.7 Å². The molecule has 1 amide bonds. The van der Waals surface area contributed by atoms with Crippen LogP contribution in [0.15, 0.2) is 13.6 Å². The van der Waals surface area contributed by atoms with E-state index in [-0.39, 0.29) is 11.3 Å². The summed E-state index contributed by atoms with van der Waals surface area (Å²) in [6, 6.07) is 1.84. The van der Waals surface area contributed by atoms with Crippen LogP contribution in [-0.2, 0) is 4.74 Å².